The molecule has 0 aliphatic carbocycles. The number of aliphatic hydroxyl groups excluding tert-OH is 2. The van der Waals surface area contributed by atoms with E-state index in [0.29, 0.717) is 32.1 Å². The number of phosphoric acid groups is 1. The maximum Gasteiger partial charge on any atom is 0.472 e. The number of aliphatic hydroxyl groups is 2. The minimum absolute atomic E-state index is 0.0153. The maximum atomic E-state index is 12.7. The van der Waals surface area contributed by atoms with E-state index >= 15 is 0 Å². The molecule has 1 heterocycles. The first-order chi connectivity index (χ1) is 30.9. The Kier molecular flexibility index (Phi) is 35.6. The van der Waals surface area contributed by atoms with E-state index < -0.39 is 44.7 Å². The summed E-state index contributed by atoms with van der Waals surface area (Å²) < 4.78 is 39.0. The molecule has 364 valence electrons. The van der Waals surface area contributed by atoms with Crippen LogP contribution in [-0.4, -0.2) is 71.7 Å². The molecule has 0 radical (unpaired) electrons. The summed E-state index contributed by atoms with van der Waals surface area (Å²) >= 11 is 0. The maximum absolute atomic E-state index is 12.7. The van der Waals surface area contributed by atoms with Gasteiger partial charge in [-0.15, -0.1) is 0 Å². The zero-order valence-electron chi connectivity index (χ0n) is 39.7. The van der Waals surface area contributed by atoms with E-state index in [-0.39, 0.29) is 32.6 Å². The number of unbranched alkanes of at least 4 members (excludes halogenated alkanes) is 12. The van der Waals surface area contributed by atoms with Gasteiger partial charge in [-0.1, -0.05) is 151 Å². The van der Waals surface area contributed by atoms with Gasteiger partial charge < -0.3 is 34.7 Å². The molecule has 0 aliphatic heterocycles. The van der Waals surface area contributed by atoms with Gasteiger partial charge in [-0.05, 0) is 76.3 Å². The summed E-state index contributed by atoms with van der Waals surface area (Å²) in [5.41, 5.74) is 8.02. The van der Waals surface area contributed by atoms with Gasteiger partial charge in [0.2, 0.25) is 0 Å². The zero-order chi connectivity index (χ0) is 47.1. The largest absolute Gasteiger partial charge is 0.472 e. The molecule has 0 saturated carbocycles. The van der Waals surface area contributed by atoms with Gasteiger partial charge in [0.25, 0.3) is 0 Å². The molecule has 0 spiro atoms. The summed E-state index contributed by atoms with van der Waals surface area (Å²) in [6.45, 7) is 7.63. The molecule has 13 heteroatoms. The van der Waals surface area contributed by atoms with Crippen LogP contribution in [0.3, 0.4) is 0 Å². The SMILES string of the molecule is CC/C=C\C[C@@H](O)/C=C/C=C\C/C=C\C=C\[C@@H](O)/C=C\CCCC(=O)OC[C@H](COP(=O)(O)OCCN)OC(=O)CCCCCCCCCCCCc1oc(CCCCC)c(C)c1C. The first-order valence-corrected chi connectivity index (χ1v) is 25.5. The minimum atomic E-state index is -4.44. The monoisotopic (exact) mass is 918 g/mol. The summed E-state index contributed by atoms with van der Waals surface area (Å²) in [7, 11) is -4.44. The summed E-state index contributed by atoms with van der Waals surface area (Å²) in [6.07, 6.45) is 39.7. The van der Waals surface area contributed by atoms with Crippen LogP contribution in [0.4, 0.5) is 0 Å². The molecule has 0 bridgehead atoms. The molecule has 1 aromatic rings. The second kappa shape index (κ2) is 38.9. The number of phosphoric ester groups is 1. The van der Waals surface area contributed by atoms with Crippen LogP contribution in [0.25, 0.3) is 0 Å². The smallest absolute Gasteiger partial charge is 0.466 e. The molecular formula is C51H84NO11P. The molecule has 0 amide bonds. The van der Waals surface area contributed by atoms with Gasteiger partial charge >= 0.3 is 19.8 Å². The first kappa shape index (κ1) is 58.7. The van der Waals surface area contributed by atoms with Crippen LogP contribution in [0, 0.1) is 13.8 Å². The van der Waals surface area contributed by atoms with Crippen LogP contribution in [0.2, 0.25) is 0 Å². The number of ether oxygens (including phenoxy) is 2. The predicted molar refractivity (Wildman–Crippen MR) is 258 cm³/mol. The molecule has 1 unspecified atom stereocenters. The third kappa shape index (κ3) is 32.3. The minimum Gasteiger partial charge on any atom is -0.466 e. The van der Waals surface area contributed by atoms with Crippen LogP contribution in [-0.2, 0) is 45.5 Å². The Morgan fingerprint density at radius 2 is 1.28 bits per heavy atom. The highest BCUT2D eigenvalue weighted by Gasteiger charge is 2.26. The van der Waals surface area contributed by atoms with Crippen molar-refractivity contribution in [3.05, 3.63) is 95.6 Å². The van der Waals surface area contributed by atoms with Crippen molar-refractivity contribution in [1.29, 1.82) is 0 Å². The van der Waals surface area contributed by atoms with Crippen molar-refractivity contribution in [2.45, 2.75) is 187 Å². The van der Waals surface area contributed by atoms with Crippen molar-refractivity contribution in [2.75, 3.05) is 26.4 Å². The molecule has 0 aromatic carbocycles. The van der Waals surface area contributed by atoms with Crippen molar-refractivity contribution in [3.63, 3.8) is 0 Å². The number of nitrogens with two attached hydrogens (primary N) is 1. The van der Waals surface area contributed by atoms with Gasteiger partial charge in [-0.2, -0.15) is 0 Å². The lowest BCUT2D eigenvalue weighted by atomic mass is 10.0. The molecule has 1 aromatic heterocycles. The molecule has 64 heavy (non-hydrogen) atoms. The summed E-state index contributed by atoms with van der Waals surface area (Å²) in [4.78, 5) is 35.1. The quantitative estimate of drug-likeness (QED) is 0.0161. The Morgan fingerprint density at radius 1 is 0.688 bits per heavy atom. The van der Waals surface area contributed by atoms with Crippen LogP contribution >= 0.6 is 7.82 Å². The van der Waals surface area contributed by atoms with Gasteiger partial charge in [0, 0.05) is 32.2 Å². The number of hydrogen-bond donors (Lipinski definition) is 4. The Balaban J connectivity index is 2.31. The van der Waals surface area contributed by atoms with Gasteiger partial charge in [0.15, 0.2) is 6.10 Å². The van der Waals surface area contributed by atoms with Crippen molar-refractivity contribution in [1.82, 2.24) is 0 Å². The number of hydrogen-bond acceptors (Lipinski definition) is 11. The van der Waals surface area contributed by atoms with Gasteiger partial charge in [-0.3, -0.25) is 18.6 Å². The second-order valence-corrected chi connectivity index (χ2v) is 17.7. The van der Waals surface area contributed by atoms with E-state index in [1.165, 1.54) is 67.6 Å². The Morgan fingerprint density at radius 3 is 1.91 bits per heavy atom. The number of allylic oxidation sites excluding steroid dienone is 8. The topological polar surface area (TPSA) is 188 Å². The Labute approximate surface area is 385 Å². The molecule has 12 nitrogen and oxygen atoms in total. The van der Waals surface area contributed by atoms with E-state index in [9.17, 15) is 29.3 Å². The Hall–Kier alpha value is -3.35. The number of furan rings is 1. The van der Waals surface area contributed by atoms with E-state index in [4.69, 9.17) is 28.7 Å². The molecule has 0 aliphatic rings. The lowest BCUT2D eigenvalue weighted by Gasteiger charge is -2.19. The molecule has 1 rings (SSSR count). The second-order valence-electron chi connectivity index (χ2n) is 16.2. The standard InChI is InChI=1S/C51H84NO11P/c1-5-7-23-31-45(53)32-25-18-14-13-15-19-26-33-46(54)34-27-22-30-37-50(55)59-41-47(42-61-64(57,58)60-40-39-52)62-51(56)38-29-21-17-12-10-9-11-16-20-28-36-49-44(4)43(3)48(63-49)35-24-8-6-2/h7,14-15,18-19,23,25-27,32-34,45-47,53-54H,5-6,8-13,16-17,20-22,24,28-31,35-42,52H2,1-4H3,(H,57,58)/b18-14-,19-15-,23-7-,32-25+,33-26+,34-27-/t45-,46-,47-/m1/s1. The van der Waals surface area contributed by atoms with Crippen molar-refractivity contribution < 1.29 is 52.2 Å². The zero-order valence-corrected chi connectivity index (χ0v) is 40.6. The highest BCUT2D eigenvalue weighted by molar-refractivity contribution is 7.47. The summed E-state index contributed by atoms with van der Waals surface area (Å²) in [6, 6.07) is 0. The summed E-state index contributed by atoms with van der Waals surface area (Å²) in [5.74, 6) is 1.31. The third-order valence-electron chi connectivity index (χ3n) is 10.5. The molecular weight excluding hydrogens is 834 g/mol. The third-order valence-corrected chi connectivity index (χ3v) is 11.5. The van der Waals surface area contributed by atoms with E-state index in [1.54, 1.807) is 30.4 Å². The van der Waals surface area contributed by atoms with Gasteiger partial charge in [0.1, 0.15) is 18.1 Å². The number of carbonyl (C=O) groups excluding carboxylic acids is 2. The fourth-order valence-corrected chi connectivity index (χ4v) is 7.38. The number of aryl methyl sites for hydroxylation is 2. The molecule has 5 N–H and O–H groups in total. The van der Waals surface area contributed by atoms with E-state index in [2.05, 4.69) is 27.7 Å². The fraction of sp³-hybridized carbons (Fsp3) is 0.647. The van der Waals surface area contributed by atoms with Crippen molar-refractivity contribution in [3.8, 4) is 0 Å². The number of carbonyl (C=O) groups is 2. The van der Waals surface area contributed by atoms with Crippen LogP contribution in [0.1, 0.15) is 165 Å². The lowest BCUT2D eigenvalue weighted by Crippen LogP contribution is -2.29. The van der Waals surface area contributed by atoms with Crippen molar-refractivity contribution in [2.24, 2.45) is 5.73 Å². The number of rotatable bonds is 40. The first-order valence-electron chi connectivity index (χ1n) is 24.0. The van der Waals surface area contributed by atoms with Gasteiger partial charge in [-0.25, -0.2) is 4.57 Å². The highest BCUT2D eigenvalue weighted by Crippen LogP contribution is 2.43. The molecule has 0 saturated heterocycles. The van der Waals surface area contributed by atoms with Gasteiger partial charge in [0.05, 0.1) is 25.4 Å². The van der Waals surface area contributed by atoms with Crippen molar-refractivity contribution >= 4 is 19.8 Å². The lowest BCUT2D eigenvalue weighted by molar-refractivity contribution is -0.161. The predicted octanol–water partition coefficient (Wildman–Crippen LogP) is 11.4. The van der Waals surface area contributed by atoms with Crippen LogP contribution < -0.4 is 5.73 Å². The number of esters is 2. The van der Waals surface area contributed by atoms with Crippen LogP contribution in [0.5, 0.6) is 0 Å². The molecule has 4 atom stereocenters. The highest BCUT2D eigenvalue weighted by atomic mass is 31.2. The molecule has 0 fully saturated rings. The van der Waals surface area contributed by atoms with E-state index in [0.717, 1.165) is 51.4 Å². The summed E-state index contributed by atoms with van der Waals surface area (Å²) in [5, 5.41) is 20.0. The average molecular weight is 918 g/mol. The normalized spacial score (nSPS) is 14.8. The van der Waals surface area contributed by atoms with E-state index in [1.807, 2.05) is 42.5 Å². The Bertz CT molecular complexity index is 1590. The van der Waals surface area contributed by atoms with Crippen LogP contribution in [0.15, 0.2) is 77.3 Å². The fourth-order valence-electron chi connectivity index (χ4n) is 6.61. The average Bonchev–Trinajstić information content (AvgIpc) is 3.54.